The molecule has 1 atom stereocenters. The maximum Gasteiger partial charge on any atom is 0.418 e. The summed E-state index contributed by atoms with van der Waals surface area (Å²) in [6, 6.07) is 3.79. The first-order chi connectivity index (χ1) is 8.43. The maximum absolute atomic E-state index is 12.7. The lowest BCUT2D eigenvalue weighted by molar-refractivity contribution is -0.136. The van der Waals surface area contributed by atoms with Crippen LogP contribution >= 0.6 is 0 Å². The normalized spacial score (nSPS) is 20.4. The monoisotopic (exact) mass is 260 g/mol. The van der Waals surface area contributed by atoms with Crippen LogP contribution in [0.2, 0.25) is 0 Å². The van der Waals surface area contributed by atoms with Crippen molar-refractivity contribution in [3.05, 3.63) is 23.8 Å². The molecule has 1 aromatic rings. The number of hydrogen-bond donors (Lipinski definition) is 2. The standard InChI is InChI=1S/C12H15F3N2O/c13-12(14,15)10-6-8(3-4-11(10)16)17-5-1-2-9(17)7-18/h3-4,6,9,18H,1-2,5,7,16H2. The molecule has 1 aliphatic heterocycles. The summed E-state index contributed by atoms with van der Waals surface area (Å²) in [7, 11) is 0. The molecule has 3 N–H and O–H groups in total. The largest absolute Gasteiger partial charge is 0.418 e. The average Bonchev–Trinajstić information content (AvgIpc) is 2.76. The van der Waals surface area contributed by atoms with Gasteiger partial charge >= 0.3 is 6.18 Å². The quantitative estimate of drug-likeness (QED) is 0.802. The molecule has 0 spiro atoms. The Morgan fingerprint density at radius 2 is 2.11 bits per heavy atom. The lowest BCUT2D eigenvalue weighted by atomic mass is 10.1. The fourth-order valence-corrected chi connectivity index (χ4v) is 2.33. The number of alkyl halides is 3. The van der Waals surface area contributed by atoms with Crippen LogP contribution in [0.5, 0.6) is 0 Å². The van der Waals surface area contributed by atoms with Gasteiger partial charge in [0, 0.05) is 17.9 Å². The Hall–Kier alpha value is -1.43. The fraction of sp³-hybridized carbons (Fsp3) is 0.500. The van der Waals surface area contributed by atoms with Crippen molar-refractivity contribution < 1.29 is 18.3 Å². The maximum atomic E-state index is 12.7. The summed E-state index contributed by atoms with van der Waals surface area (Å²) in [5, 5.41) is 9.19. The van der Waals surface area contributed by atoms with Gasteiger partial charge in [0.25, 0.3) is 0 Å². The molecule has 1 unspecified atom stereocenters. The number of nitrogens with zero attached hydrogens (tertiary/aromatic N) is 1. The molecule has 1 aromatic carbocycles. The van der Waals surface area contributed by atoms with E-state index in [0.29, 0.717) is 12.2 Å². The summed E-state index contributed by atoms with van der Waals surface area (Å²) in [6.07, 6.45) is -2.78. The number of aliphatic hydroxyl groups is 1. The summed E-state index contributed by atoms with van der Waals surface area (Å²) in [5.74, 6) is 0. The van der Waals surface area contributed by atoms with E-state index >= 15 is 0 Å². The number of nitrogens with two attached hydrogens (primary N) is 1. The number of hydrogen-bond acceptors (Lipinski definition) is 3. The van der Waals surface area contributed by atoms with Crippen LogP contribution in [0, 0.1) is 0 Å². The summed E-state index contributed by atoms with van der Waals surface area (Å²) in [5.41, 5.74) is 4.73. The minimum atomic E-state index is -4.45. The molecule has 3 nitrogen and oxygen atoms in total. The van der Waals surface area contributed by atoms with E-state index < -0.39 is 11.7 Å². The third-order valence-electron chi connectivity index (χ3n) is 3.26. The van der Waals surface area contributed by atoms with E-state index in [9.17, 15) is 18.3 Å². The van der Waals surface area contributed by atoms with Gasteiger partial charge in [-0.15, -0.1) is 0 Å². The Morgan fingerprint density at radius 1 is 1.39 bits per heavy atom. The Kier molecular flexibility index (Phi) is 3.38. The van der Waals surface area contributed by atoms with E-state index in [-0.39, 0.29) is 18.3 Å². The third-order valence-corrected chi connectivity index (χ3v) is 3.26. The summed E-state index contributed by atoms with van der Waals surface area (Å²) >= 11 is 0. The van der Waals surface area contributed by atoms with E-state index in [4.69, 9.17) is 5.73 Å². The minimum Gasteiger partial charge on any atom is -0.398 e. The Bertz CT molecular complexity index is 434. The Labute approximate surface area is 103 Å². The molecule has 0 aliphatic carbocycles. The SMILES string of the molecule is Nc1ccc(N2CCCC2CO)cc1C(F)(F)F. The second kappa shape index (κ2) is 4.68. The van der Waals surface area contributed by atoms with Crippen molar-refractivity contribution in [3.63, 3.8) is 0 Å². The van der Waals surface area contributed by atoms with Gasteiger partial charge in [0.05, 0.1) is 18.2 Å². The Balaban J connectivity index is 2.35. The van der Waals surface area contributed by atoms with Crippen molar-refractivity contribution in [2.75, 3.05) is 23.8 Å². The van der Waals surface area contributed by atoms with E-state index in [2.05, 4.69) is 0 Å². The van der Waals surface area contributed by atoms with Gasteiger partial charge in [-0.3, -0.25) is 0 Å². The second-order valence-corrected chi connectivity index (χ2v) is 4.44. The molecule has 0 aromatic heterocycles. The van der Waals surface area contributed by atoms with Crippen LogP contribution in [-0.2, 0) is 6.18 Å². The van der Waals surface area contributed by atoms with Crippen molar-refractivity contribution in [3.8, 4) is 0 Å². The number of benzene rings is 1. The molecule has 100 valence electrons. The topological polar surface area (TPSA) is 49.5 Å². The lowest BCUT2D eigenvalue weighted by Crippen LogP contribution is -2.32. The van der Waals surface area contributed by atoms with Gasteiger partial charge < -0.3 is 15.7 Å². The summed E-state index contributed by atoms with van der Waals surface area (Å²) in [4.78, 5) is 1.80. The molecule has 0 radical (unpaired) electrons. The van der Waals surface area contributed by atoms with Crippen LogP contribution in [0.4, 0.5) is 24.5 Å². The number of anilines is 2. The van der Waals surface area contributed by atoms with Crippen LogP contribution in [0.3, 0.4) is 0 Å². The van der Waals surface area contributed by atoms with Gasteiger partial charge in [0.2, 0.25) is 0 Å². The smallest absolute Gasteiger partial charge is 0.398 e. The van der Waals surface area contributed by atoms with E-state index in [0.717, 1.165) is 18.9 Å². The number of rotatable bonds is 2. The van der Waals surface area contributed by atoms with Crippen LogP contribution in [0.15, 0.2) is 18.2 Å². The van der Waals surface area contributed by atoms with Crippen LogP contribution in [0.25, 0.3) is 0 Å². The van der Waals surface area contributed by atoms with Gasteiger partial charge in [0.15, 0.2) is 0 Å². The number of aliphatic hydroxyl groups excluding tert-OH is 1. The number of halogens is 3. The van der Waals surface area contributed by atoms with Crippen molar-refractivity contribution in [1.82, 2.24) is 0 Å². The second-order valence-electron chi connectivity index (χ2n) is 4.44. The highest BCUT2D eigenvalue weighted by molar-refractivity contribution is 5.60. The lowest BCUT2D eigenvalue weighted by Gasteiger charge is -2.26. The van der Waals surface area contributed by atoms with Crippen molar-refractivity contribution >= 4 is 11.4 Å². The molecular weight excluding hydrogens is 245 g/mol. The highest BCUT2D eigenvalue weighted by atomic mass is 19.4. The van der Waals surface area contributed by atoms with Crippen LogP contribution in [0.1, 0.15) is 18.4 Å². The zero-order valence-electron chi connectivity index (χ0n) is 9.74. The van der Waals surface area contributed by atoms with Gasteiger partial charge in [0.1, 0.15) is 0 Å². The van der Waals surface area contributed by atoms with Crippen molar-refractivity contribution in [1.29, 1.82) is 0 Å². The molecule has 1 heterocycles. The molecule has 2 rings (SSSR count). The highest BCUT2D eigenvalue weighted by Gasteiger charge is 2.34. The highest BCUT2D eigenvalue weighted by Crippen LogP contribution is 2.37. The third kappa shape index (κ3) is 2.38. The summed E-state index contributed by atoms with van der Waals surface area (Å²) in [6.45, 7) is 0.609. The zero-order valence-corrected chi connectivity index (χ0v) is 9.74. The first-order valence-electron chi connectivity index (χ1n) is 5.77. The van der Waals surface area contributed by atoms with Crippen LogP contribution < -0.4 is 10.6 Å². The van der Waals surface area contributed by atoms with Crippen molar-refractivity contribution in [2.24, 2.45) is 0 Å². The molecular formula is C12H15F3N2O. The molecule has 0 amide bonds. The van der Waals surface area contributed by atoms with E-state index in [1.807, 2.05) is 0 Å². The first kappa shape index (κ1) is 13.0. The molecule has 0 bridgehead atoms. The molecule has 1 saturated heterocycles. The molecule has 0 saturated carbocycles. The van der Waals surface area contributed by atoms with Crippen LogP contribution in [-0.4, -0.2) is 24.3 Å². The van der Waals surface area contributed by atoms with Gasteiger partial charge in [-0.05, 0) is 31.0 Å². The summed E-state index contributed by atoms with van der Waals surface area (Å²) < 4.78 is 38.2. The molecule has 6 heteroatoms. The molecule has 1 fully saturated rings. The fourth-order valence-electron chi connectivity index (χ4n) is 2.33. The van der Waals surface area contributed by atoms with Gasteiger partial charge in [-0.1, -0.05) is 0 Å². The average molecular weight is 260 g/mol. The number of nitrogen functional groups attached to an aromatic ring is 1. The van der Waals surface area contributed by atoms with Crippen molar-refractivity contribution in [2.45, 2.75) is 25.1 Å². The predicted molar refractivity (Wildman–Crippen MR) is 63.3 cm³/mol. The first-order valence-corrected chi connectivity index (χ1v) is 5.77. The van der Waals surface area contributed by atoms with Gasteiger partial charge in [-0.25, -0.2) is 0 Å². The Morgan fingerprint density at radius 3 is 2.72 bits per heavy atom. The zero-order chi connectivity index (χ0) is 13.3. The molecule has 1 aliphatic rings. The predicted octanol–water partition coefficient (Wildman–Crippen LogP) is 2.25. The molecule has 18 heavy (non-hydrogen) atoms. The van der Waals surface area contributed by atoms with E-state index in [1.165, 1.54) is 6.07 Å². The van der Waals surface area contributed by atoms with Gasteiger partial charge in [-0.2, -0.15) is 13.2 Å². The van der Waals surface area contributed by atoms with E-state index in [1.54, 1.807) is 11.0 Å². The minimum absolute atomic E-state index is 0.0499.